The first kappa shape index (κ1) is 34.7. The molecule has 0 fully saturated rings. The van der Waals surface area contributed by atoms with E-state index >= 15 is 0 Å². The van der Waals surface area contributed by atoms with Gasteiger partial charge in [0.05, 0.1) is 11.4 Å². The number of aromatic nitrogens is 1. The maximum atomic E-state index is 9.00. The Balaban J connectivity index is 0.000000909. The van der Waals surface area contributed by atoms with E-state index in [1.807, 2.05) is 0 Å². The molecule has 240 valence electrons. The van der Waals surface area contributed by atoms with Crippen molar-refractivity contribution in [1.29, 1.82) is 0 Å². The van der Waals surface area contributed by atoms with Gasteiger partial charge in [-0.2, -0.15) is 0 Å². The number of nitrogens with zero attached hydrogens (tertiary/aromatic N) is 2. The van der Waals surface area contributed by atoms with E-state index in [4.69, 9.17) is 19.9 Å². The molecular formula is C41H43CuN2O2. The number of hydrogen-bond acceptors (Lipinski definition) is 2. The number of benzene rings is 4. The van der Waals surface area contributed by atoms with Crippen molar-refractivity contribution in [3.8, 4) is 11.3 Å². The molecule has 1 aliphatic heterocycles. The quantitative estimate of drug-likeness (QED) is 0.196. The Morgan fingerprint density at radius 3 is 1.70 bits per heavy atom. The predicted molar refractivity (Wildman–Crippen MR) is 189 cm³/mol. The largest absolute Gasteiger partial charge is 1.00 e. The Labute approximate surface area is 284 Å². The summed E-state index contributed by atoms with van der Waals surface area (Å²) in [5, 5.41) is 9.75. The van der Waals surface area contributed by atoms with E-state index in [2.05, 4.69) is 146 Å². The third-order valence-electron chi connectivity index (χ3n) is 8.35. The van der Waals surface area contributed by atoms with Crippen molar-refractivity contribution in [2.45, 2.75) is 73.1 Å². The smallest absolute Gasteiger partial charge is 0.656 e. The number of aliphatic carboxylic acids is 1. The molecule has 0 amide bonds. The summed E-state index contributed by atoms with van der Waals surface area (Å²) >= 11 is 0. The van der Waals surface area contributed by atoms with Gasteiger partial charge in [-0.15, -0.1) is 11.4 Å². The van der Waals surface area contributed by atoms with Gasteiger partial charge in [0.15, 0.2) is 0 Å². The molecular weight excluding hydrogens is 616 g/mol. The normalized spacial score (nSPS) is 13.5. The molecule has 46 heavy (non-hydrogen) atoms. The van der Waals surface area contributed by atoms with Crippen LogP contribution >= 0.6 is 0 Å². The maximum absolute atomic E-state index is 9.00. The molecule has 0 saturated carbocycles. The molecule has 0 bridgehead atoms. The van der Waals surface area contributed by atoms with Crippen molar-refractivity contribution >= 4 is 34.2 Å². The fourth-order valence-corrected chi connectivity index (χ4v) is 5.86. The molecule has 0 spiro atoms. The van der Waals surface area contributed by atoms with Crippen LogP contribution in [0.4, 0.5) is 0 Å². The van der Waals surface area contributed by atoms with Gasteiger partial charge in [0, 0.05) is 23.6 Å². The molecule has 5 heteroatoms. The summed E-state index contributed by atoms with van der Waals surface area (Å²) in [6.07, 6.45) is 2.18. The zero-order valence-electron chi connectivity index (χ0n) is 28.2. The number of carbonyl (C=O) groups is 1. The second kappa shape index (κ2) is 13.3. The number of aliphatic imine (C=N–C) groups is 1. The van der Waals surface area contributed by atoms with Gasteiger partial charge in [-0.25, -0.2) is 4.99 Å². The van der Waals surface area contributed by atoms with Gasteiger partial charge in [0.2, 0.25) is 0 Å². The van der Waals surface area contributed by atoms with Crippen LogP contribution in [0.3, 0.4) is 0 Å². The van der Waals surface area contributed by atoms with Crippen molar-refractivity contribution in [2.75, 3.05) is 0 Å². The second-order valence-corrected chi connectivity index (χ2v) is 14.0. The standard InChI is InChI=1S/C39H39N2.C2H4O2.Cu/c1-24-21-26(38(3,4)5)17-19-28(24)36-32-15-11-9-13-30(32)34(40-36)23-35-31-14-10-12-16-33(31)37(41-35)29-20-18-27(22-25(29)2)39(6,7)8;1-2(3)4;/h9-23H,1-8H3;1H3,(H,3,4);/q-1;;+1. The number of fused-ring (bicyclic) bond motifs is 2. The molecule has 5 aromatic rings. The third kappa shape index (κ3) is 7.12. The van der Waals surface area contributed by atoms with Crippen LogP contribution in [0.15, 0.2) is 89.9 Å². The average Bonchev–Trinajstić information content (AvgIpc) is 3.50. The molecule has 0 radical (unpaired) electrons. The fourth-order valence-electron chi connectivity index (χ4n) is 5.86. The summed E-state index contributed by atoms with van der Waals surface area (Å²) < 4.78 is 0. The third-order valence-corrected chi connectivity index (χ3v) is 8.35. The summed E-state index contributed by atoms with van der Waals surface area (Å²) in [6, 6.07) is 30.8. The Morgan fingerprint density at radius 1 is 0.696 bits per heavy atom. The number of hydrogen-bond donors (Lipinski definition) is 1. The Bertz CT molecular complexity index is 1980. The van der Waals surface area contributed by atoms with Gasteiger partial charge in [0.25, 0.3) is 5.97 Å². The summed E-state index contributed by atoms with van der Waals surface area (Å²) in [5.41, 5.74) is 14.1. The van der Waals surface area contributed by atoms with E-state index < -0.39 is 5.97 Å². The average molecular weight is 659 g/mol. The molecule has 2 heterocycles. The first-order chi connectivity index (χ1) is 21.1. The van der Waals surface area contributed by atoms with Crippen LogP contribution in [0.1, 0.15) is 93.1 Å². The summed E-state index contributed by atoms with van der Waals surface area (Å²) in [5.74, 6) is -0.833. The molecule has 0 atom stereocenters. The Hall–Kier alpha value is -4.18. The molecule has 4 nitrogen and oxygen atoms in total. The molecule has 4 aromatic carbocycles. The number of carboxylic acids is 1. The molecule has 1 aromatic heterocycles. The summed E-state index contributed by atoms with van der Waals surface area (Å²) in [4.78, 5) is 19.5. The van der Waals surface area contributed by atoms with E-state index in [0.717, 1.165) is 40.7 Å². The monoisotopic (exact) mass is 658 g/mol. The molecule has 0 unspecified atom stereocenters. The first-order valence-electron chi connectivity index (χ1n) is 15.5. The second-order valence-electron chi connectivity index (χ2n) is 14.0. The van der Waals surface area contributed by atoms with Crippen molar-refractivity contribution in [3.05, 3.63) is 130 Å². The van der Waals surface area contributed by atoms with Gasteiger partial charge in [-0.3, -0.25) is 4.79 Å². The van der Waals surface area contributed by atoms with Crippen LogP contribution in [-0.2, 0) is 32.7 Å². The van der Waals surface area contributed by atoms with Gasteiger partial charge in [0.1, 0.15) is 0 Å². The minimum absolute atomic E-state index is 0. The Morgan fingerprint density at radius 2 is 1.17 bits per heavy atom. The minimum atomic E-state index is -0.833. The fraction of sp³-hybridized carbons (Fsp3) is 0.268. The van der Waals surface area contributed by atoms with Gasteiger partial charge < -0.3 is 10.1 Å². The van der Waals surface area contributed by atoms with Crippen LogP contribution in [0.5, 0.6) is 0 Å². The van der Waals surface area contributed by atoms with Gasteiger partial charge >= 0.3 is 17.1 Å². The van der Waals surface area contributed by atoms with Crippen molar-refractivity contribution in [1.82, 2.24) is 4.98 Å². The zero-order chi connectivity index (χ0) is 32.7. The van der Waals surface area contributed by atoms with Crippen LogP contribution in [0, 0.1) is 13.8 Å². The van der Waals surface area contributed by atoms with E-state index in [9.17, 15) is 0 Å². The topological polar surface area (TPSA) is 63.8 Å². The number of aryl methyl sites for hydroxylation is 2. The first-order valence-corrected chi connectivity index (χ1v) is 15.5. The number of carboxylic acid groups (broad SMARTS) is 1. The summed E-state index contributed by atoms with van der Waals surface area (Å²) in [6.45, 7) is 19.0. The molecule has 6 rings (SSSR count). The maximum Gasteiger partial charge on any atom is 1.00 e. The van der Waals surface area contributed by atoms with Crippen LogP contribution in [0.25, 0.3) is 33.8 Å². The van der Waals surface area contributed by atoms with E-state index in [-0.39, 0.29) is 27.9 Å². The van der Waals surface area contributed by atoms with Crippen LogP contribution < -0.4 is 4.98 Å². The zero-order valence-corrected chi connectivity index (χ0v) is 29.2. The van der Waals surface area contributed by atoms with E-state index in [0.29, 0.717) is 0 Å². The van der Waals surface area contributed by atoms with Crippen molar-refractivity contribution in [3.63, 3.8) is 0 Å². The molecule has 0 aliphatic carbocycles. The molecule has 0 saturated heterocycles. The van der Waals surface area contributed by atoms with Gasteiger partial charge in [-0.1, -0.05) is 126 Å². The SMILES string of the molecule is CC(=O)O.Cc1cc(C(C)(C)C)ccc1C1=NC(=Cc2[n-]c(-c3ccc(C(C)(C)C)cc3C)c3ccccc23)c2ccccc21.[Cu+]. The van der Waals surface area contributed by atoms with Crippen molar-refractivity contribution < 1.29 is 27.0 Å². The molecule has 1 aliphatic rings. The van der Waals surface area contributed by atoms with Crippen LogP contribution in [0.2, 0.25) is 0 Å². The van der Waals surface area contributed by atoms with E-state index in [1.165, 1.54) is 44.3 Å². The summed E-state index contributed by atoms with van der Waals surface area (Å²) in [7, 11) is 0. The predicted octanol–water partition coefficient (Wildman–Crippen LogP) is 10.1. The molecule has 1 N–H and O–H groups in total. The van der Waals surface area contributed by atoms with E-state index in [1.54, 1.807) is 0 Å². The van der Waals surface area contributed by atoms with Crippen LogP contribution in [-0.4, -0.2) is 16.8 Å². The Kier molecular flexibility index (Phi) is 10.0. The van der Waals surface area contributed by atoms with Gasteiger partial charge in [-0.05, 0) is 69.3 Å². The minimum Gasteiger partial charge on any atom is -0.656 e. The number of rotatable bonds is 3. The van der Waals surface area contributed by atoms with Crippen molar-refractivity contribution in [2.24, 2.45) is 4.99 Å².